The summed E-state index contributed by atoms with van der Waals surface area (Å²) in [5, 5.41) is 11.3. The number of hydrogen-bond donors (Lipinski definition) is 0. The maximum Gasteiger partial charge on any atom is 0.237 e. The minimum absolute atomic E-state index is 0.145. The SMILES string of the molecule is CCN(C(=O)CSc1nnc(-c2cccs2)n1C)C1=CCCC1. The lowest BCUT2D eigenvalue weighted by atomic mass is 10.3. The topological polar surface area (TPSA) is 51.0 Å². The number of carbonyl (C=O) groups is 1. The van der Waals surface area contributed by atoms with Crippen LogP contribution in [0.3, 0.4) is 0 Å². The zero-order chi connectivity index (χ0) is 16.2. The number of carbonyl (C=O) groups excluding carboxylic acids is 1. The van der Waals surface area contributed by atoms with Gasteiger partial charge in [0.05, 0.1) is 10.6 Å². The number of thioether (sulfide) groups is 1. The molecule has 0 unspecified atom stereocenters. The molecule has 122 valence electrons. The molecule has 0 N–H and O–H groups in total. The number of thiophene rings is 1. The first-order valence-electron chi connectivity index (χ1n) is 7.76. The van der Waals surface area contributed by atoms with Crippen molar-refractivity contribution >= 4 is 29.0 Å². The highest BCUT2D eigenvalue weighted by Crippen LogP contribution is 2.27. The Labute approximate surface area is 144 Å². The van der Waals surface area contributed by atoms with Gasteiger partial charge in [-0.1, -0.05) is 23.9 Å². The summed E-state index contributed by atoms with van der Waals surface area (Å²) in [4.78, 5) is 15.5. The Morgan fingerprint density at radius 3 is 3.00 bits per heavy atom. The van der Waals surface area contributed by atoms with Gasteiger partial charge in [-0.25, -0.2) is 0 Å². The monoisotopic (exact) mass is 348 g/mol. The molecule has 0 bridgehead atoms. The van der Waals surface area contributed by atoms with Crippen LogP contribution in [0.5, 0.6) is 0 Å². The van der Waals surface area contributed by atoms with E-state index in [-0.39, 0.29) is 5.91 Å². The maximum absolute atomic E-state index is 12.5. The molecule has 0 atom stereocenters. The van der Waals surface area contributed by atoms with Crippen LogP contribution in [0, 0.1) is 0 Å². The van der Waals surface area contributed by atoms with E-state index in [1.807, 2.05) is 41.0 Å². The number of hydrogen-bond acceptors (Lipinski definition) is 5. The predicted molar refractivity (Wildman–Crippen MR) is 94.4 cm³/mol. The van der Waals surface area contributed by atoms with Crippen LogP contribution >= 0.6 is 23.1 Å². The predicted octanol–water partition coefficient (Wildman–Crippen LogP) is 3.55. The first-order chi connectivity index (χ1) is 11.2. The van der Waals surface area contributed by atoms with E-state index in [4.69, 9.17) is 0 Å². The molecule has 2 aromatic heterocycles. The molecule has 0 aliphatic heterocycles. The van der Waals surface area contributed by atoms with Gasteiger partial charge in [0.1, 0.15) is 0 Å². The van der Waals surface area contributed by atoms with E-state index in [0.717, 1.165) is 41.7 Å². The van der Waals surface area contributed by atoms with Gasteiger partial charge in [0.15, 0.2) is 11.0 Å². The van der Waals surface area contributed by atoms with Crippen LogP contribution in [-0.4, -0.2) is 37.9 Å². The highest BCUT2D eigenvalue weighted by Gasteiger charge is 2.20. The Morgan fingerprint density at radius 1 is 1.48 bits per heavy atom. The van der Waals surface area contributed by atoms with Crippen molar-refractivity contribution in [2.45, 2.75) is 31.3 Å². The van der Waals surface area contributed by atoms with Gasteiger partial charge in [-0.3, -0.25) is 4.79 Å². The van der Waals surface area contributed by atoms with E-state index in [2.05, 4.69) is 16.3 Å². The molecule has 2 aromatic rings. The summed E-state index contributed by atoms with van der Waals surface area (Å²) in [6.45, 7) is 2.75. The fourth-order valence-electron chi connectivity index (χ4n) is 2.70. The molecule has 0 aromatic carbocycles. The molecule has 0 fully saturated rings. The van der Waals surface area contributed by atoms with Gasteiger partial charge >= 0.3 is 0 Å². The van der Waals surface area contributed by atoms with Crippen molar-refractivity contribution in [3.05, 3.63) is 29.3 Å². The largest absolute Gasteiger partial charge is 0.316 e. The van der Waals surface area contributed by atoms with E-state index in [9.17, 15) is 4.79 Å². The second kappa shape index (κ2) is 7.31. The van der Waals surface area contributed by atoms with Crippen molar-refractivity contribution in [3.63, 3.8) is 0 Å². The first-order valence-corrected chi connectivity index (χ1v) is 9.62. The summed E-state index contributed by atoms with van der Waals surface area (Å²) in [7, 11) is 1.94. The number of amides is 1. The lowest BCUT2D eigenvalue weighted by Gasteiger charge is -2.21. The van der Waals surface area contributed by atoms with Crippen molar-refractivity contribution < 1.29 is 4.79 Å². The number of aromatic nitrogens is 3. The Hall–Kier alpha value is -1.60. The summed E-state index contributed by atoms with van der Waals surface area (Å²) >= 11 is 3.09. The fourth-order valence-corrected chi connectivity index (χ4v) is 4.23. The van der Waals surface area contributed by atoms with Crippen LogP contribution in [0.2, 0.25) is 0 Å². The van der Waals surface area contributed by atoms with Gasteiger partial charge in [0.2, 0.25) is 5.91 Å². The summed E-state index contributed by atoms with van der Waals surface area (Å²) in [5.74, 6) is 1.38. The van der Waals surface area contributed by atoms with Crippen LogP contribution in [0.1, 0.15) is 26.2 Å². The van der Waals surface area contributed by atoms with Gasteiger partial charge in [-0.2, -0.15) is 0 Å². The Balaban J connectivity index is 1.65. The van der Waals surface area contributed by atoms with E-state index in [1.54, 1.807) is 11.3 Å². The van der Waals surface area contributed by atoms with Crippen molar-refractivity contribution in [2.75, 3.05) is 12.3 Å². The van der Waals surface area contributed by atoms with E-state index >= 15 is 0 Å². The van der Waals surface area contributed by atoms with Crippen LogP contribution in [0.15, 0.2) is 34.4 Å². The molecule has 2 heterocycles. The zero-order valence-corrected chi connectivity index (χ0v) is 15.0. The second-order valence-corrected chi connectivity index (χ2v) is 7.25. The standard InChI is InChI=1S/C16H20N4OS2/c1-3-20(12-7-4-5-8-12)14(21)11-23-16-18-17-15(19(16)2)13-9-6-10-22-13/h6-7,9-10H,3-5,8,11H2,1-2H3. The number of allylic oxidation sites excluding steroid dienone is 2. The molecule has 1 aliphatic carbocycles. The molecule has 0 radical (unpaired) electrons. The maximum atomic E-state index is 12.5. The summed E-state index contributed by atoms with van der Waals surface area (Å²) < 4.78 is 1.95. The quantitative estimate of drug-likeness (QED) is 0.749. The average Bonchev–Trinajstić information content (AvgIpc) is 3.28. The van der Waals surface area contributed by atoms with Crippen molar-refractivity contribution in [3.8, 4) is 10.7 Å². The van der Waals surface area contributed by atoms with E-state index < -0.39 is 0 Å². The van der Waals surface area contributed by atoms with Crippen molar-refractivity contribution in [1.29, 1.82) is 0 Å². The number of nitrogens with zero attached hydrogens (tertiary/aromatic N) is 4. The minimum Gasteiger partial charge on any atom is -0.316 e. The molecule has 5 nitrogen and oxygen atoms in total. The zero-order valence-electron chi connectivity index (χ0n) is 13.4. The molecular weight excluding hydrogens is 328 g/mol. The minimum atomic E-state index is 0.145. The first kappa shape index (κ1) is 16.3. The van der Waals surface area contributed by atoms with Crippen LogP contribution in [0.4, 0.5) is 0 Å². The van der Waals surface area contributed by atoms with Gasteiger partial charge in [-0.05, 0) is 37.6 Å². The van der Waals surface area contributed by atoms with E-state index in [1.165, 1.54) is 17.5 Å². The van der Waals surface area contributed by atoms with Crippen molar-refractivity contribution in [2.24, 2.45) is 7.05 Å². The van der Waals surface area contributed by atoms with Gasteiger partial charge in [0, 0.05) is 19.3 Å². The van der Waals surface area contributed by atoms with Gasteiger partial charge in [-0.15, -0.1) is 21.5 Å². The summed E-state index contributed by atoms with van der Waals surface area (Å²) in [6, 6.07) is 4.03. The van der Waals surface area contributed by atoms with Crippen molar-refractivity contribution in [1.82, 2.24) is 19.7 Å². The normalized spacial score (nSPS) is 14.1. The molecule has 1 amide bonds. The third-order valence-corrected chi connectivity index (χ3v) is 5.75. The van der Waals surface area contributed by atoms with Crippen LogP contribution < -0.4 is 0 Å². The Kier molecular flexibility index (Phi) is 5.17. The summed E-state index contributed by atoms with van der Waals surface area (Å²) in [6.07, 6.45) is 5.43. The molecule has 0 spiro atoms. The fraction of sp³-hybridized carbons (Fsp3) is 0.438. The highest BCUT2D eigenvalue weighted by molar-refractivity contribution is 7.99. The molecule has 1 aliphatic rings. The third kappa shape index (κ3) is 3.50. The Morgan fingerprint density at radius 2 is 2.35 bits per heavy atom. The van der Waals surface area contributed by atoms with Gasteiger partial charge < -0.3 is 9.47 Å². The van der Waals surface area contributed by atoms with Crippen LogP contribution in [0.25, 0.3) is 10.7 Å². The lowest BCUT2D eigenvalue weighted by Crippen LogP contribution is -2.31. The smallest absolute Gasteiger partial charge is 0.237 e. The molecule has 0 saturated heterocycles. The molecule has 7 heteroatoms. The third-order valence-electron chi connectivity index (χ3n) is 3.88. The Bertz CT molecular complexity index is 706. The lowest BCUT2D eigenvalue weighted by molar-refractivity contribution is -0.126. The molecule has 3 rings (SSSR count). The number of rotatable bonds is 6. The summed E-state index contributed by atoms with van der Waals surface area (Å²) in [5.41, 5.74) is 1.18. The average molecular weight is 348 g/mol. The molecule has 23 heavy (non-hydrogen) atoms. The molecular formula is C16H20N4OS2. The van der Waals surface area contributed by atoms with Crippen LogP contribution in [-0.2, 0) is 11.8 Å². The highest BCUT2D eigenvalue weighted by atomic mass is 32.2. The molecule has 0 saturated carbocycles. The van der Waals surface area contributed by atoms with E-state index in [0.29, 0.717) is 5.75 Å². The second-order valence-electron chi connectivity index (χ2n) is 5.36. The van der Waals surface area contributed by atoms with Gasteiger partial charge in [0.25, 0.3) is 0 Å².